The molecule has 82 valence electrons. The number of nitrogens with one attached hydrogen (secondary N) is 2. The molecule has 1 aromatic carbocycles. The van der Waals surface area contributed by atoms with Gasteiger partial charge in [0.05, 0.1) is 0 Å². The number of aromatic nitrogens is 1. The van der Waals surface area contributed by atoms with E-state index in [1.54, 1.807) is 0 Å². The van der Waals surface area contributed by atoms with Crippen molar-refractivity contribution in [1.29, 1.82) is 0 Å². The number of aromatic amines is 1. The molecule has 0 radical (unpaired) electrons. The first-order valence-corrected chi connectivity index (χ1v) is 6.11. The summed E-state index contributed by atoms with van der Waals surface area (Å²) in [6.07, 6.45) is 2.22. The third-order valence-electron chi connectivity index (χ3n) is 2.74. The molecule has 16 heavy (non-hydrogen) atoms. The van der Waals surface area contributed by atoms with Crippen molar-refractivity contribution in [2.75, 3.05) is 0 Å². The highest BCUT2D eigenvalue weighted by Crippen LogP contribution is 2.22. The molecule has 0 aliphatic heterocycles. The Kier molecular flexibility index (Phi) is 2.24. The highest BCUT2D eigenvalue weighted by atomic mass is 79.9. The quantitative estimate of drug-likeness (QED) is 0.872. The topological polar surface area (TPSA) is 44.9 Å². The van der Waals surface area contributed by atoms with Gasteiger partial charge in [-0.3, -0.25) is 4.79 Å². The van der Waals surface area contributed by atoms with E-state index in [2.05, 4.69) is 26.2 Å². The zero-order valence-corrected chi connectivity index (χ0v) is 10.2. The molecule has 0 bridgehead atoms. The van der Waals surface area contributed by atoms with Crippen molar-refractivity contribution in [2.45, 2.75) is 18.9 Å². The monoisotopic (exact) mass is 278 g/mol. The van der Waals surface area contributed by atoms with E-state index in [9.17, 15) is 4.79 Å². The number of H-pyrrole nitrogens is 1. The molecule has 1 fully saturated rings. The number of hydrogen-bond acceptors (Lipinski definition) is 1. The van der Waals surface area contributed by atoms with Gasteiger partial charge in [-0.2, -0.15) is 0 Å². The van der Waals surface area contributed by atoms with Gasteiger partial charge in [0.25, 0.3) is 5.91 Å². The summed E-state index contributed by atoms with van der Waals surface area (Å²) in [5, 5.41) is 4.02. The maximum Gasteiger partial charge on any atom is 0.267 e. The van der Waals surface area contributed by atoms with Crippen LogP contribution in [0.2, 0.25) is 0 Å². The van der Waals surface area contributed by atoms with Crippen LogP contribution in [0.3, 0.4) is 0 Å². The summed E-state index contributed by atoms with van der Waals surface area (Å²) in [7, 11) is 0. The molecule has 1 heterocycles. The molecule has 1 saturated carbocycles. The van der Waals surface area contributed by atoms with Gasteiger partial charge >= 0.3 is 0 Å². The minimum absolute atomic E-state index is 0.00479. The summed E-state index contributed by atoms with van der Waals surface area (Å²) in [5.41, 5.74) is 1.63. The van der Waals surface area contributed by atoms with Crippen LogP contribution in [0, 0.1) is 0 Å². The highest BCUT2D eigenvalue weighted by molar-refractivity contribution is 9.10. The second-order valence-corrected chi connectivity index (χ2v) is 5.08. The standard InChI is InChI=1S/C12H11BrN2O/c13-8-1-4-10-7(5-8)6-11(15-10)12(16)14-9-2-3-9/h1,4-6,9,15H,2-3H2,(H,14,16). The van der Waals surface area contributed by atoms with Gasteiger partial charge < -0.3 is 10.3 Å². The lowest BCUT2D eigenvalue weighted by atomic mass is 10.2. The minimum Gasteiger partial charge on any atom is -0.351 e. The molecule has 1 aliphatic rings. The Hall–Kier alpha value is -1.29. The number of amides is 1. The van der Waals surface area contributed by atoms with Crippen LogP contribution in [0.1, 0.15) is 23.3 Å². The normalized spacial score (nSPS) is 15.3. The molecule has 3 rings (SSSR count). The van der Waals surface area contributed by atoms with Gasteiger partial charge in [-0.05, 0) is 37.1 Å². The van der Waals surface area contributed by atoms with Crippen LogP contribution < -0.4 is 5.32 Å². The van der Waals surface area contributed by atoms with Crippen LogP contribution >= 0.6 is 15.9 Å². The molecule has 0 atom stereocenters. The molecule has 1 amide bonds. The molecular weight excluding hydrogens is 268 g/mol. The van der Waals surface area contributed by atoms with Crippen molar-refractivity contribution in [3.05, 3.63) is 34.4 Å². The van der Waals surface area contributed by atoms with Gasteiger partial charge in [-0.1, -0.05) is 15.9 Å². The van der Waals surface area contributed by atoms with Crippen molar-refractivity contribution >= 4 is 32.7 Å². The Bertz CT molecular complexity index is 557. The number of halogens is 1. The van der Waals surface area contributed by atoms with E-state index in [1.165, 1.54) is 0 Å². The SMILES string of the molecule is O=C(NC1CC1)c1cc2cc(Br)ccc2[nH]1. The third kappa shape index (κ3) is 1.85. The molecule has 1 aromatic heterocycles. The number of carbonyl (C=O) groups is 1. The van der Waals surface area contributed by atoms with Gasteiger partial charge in [-0.15, -0.1) is 0 Å². The van der Waals surface area contributed by atoms with E-state index in [-0.39, 0.29) is 5.91 Å². The average molecular weight is 279 g/mol. The maximum absolute atomic E-state index is 11.8. The van der Waals surface area contributed by atoms with Crippen LogP contribution in [0.25, 0.3) is 10.9 Å². The van der Waals surface area contributed by atoms with Gasteiger partial charge in [-0.25, -0.2) is 0 Å². The summed E-state index contributed by atoms with van der Waals surface area (Å²) < 4.78 is 1.02. The van der Waals surface area contributed by atoms with E-state index in [1.807, 2.05) is 24.3 Å². The van der Waals surface area contributed by atoms with Gasteiger partial charge in [0.1, 0.15) is 5.69 Å². The number of rotatable bonds is 2. The zero-order chi connectivity index (χ0) is 11.1. The van der Waals surface area contributed by atoms with Crippen LogP contribution in [-0.4, -0.2) is 16.9 Å². The van der Waals surface area contributed by atoms with E-state index in [0.717, 1.165) is 28.2 Å². The van der Waals surface area contributed by atoms with Crippen LogP contribution in [0.15, 0.2) is 28.7 Å². The van der Waals surface area contributed by atoms with Gasteiger partial charge in [0.15, 0.2) is 0 Å². The Balaban J connectivity index is 1.94. The molecular formula is C12H11BrN2O. The second kappa shape index (κ2) is 3.63. The van der Waals surface area contributed by atoms with Crippen molar-refractivity contribution in [3.8, 4) is 0 Å². The van der Waals surface area contributed by atoms with Crippen molar-refractivity contribution in [1.82, 2.24) is 10.3 Å². The molecule has 2 N–H and O–H groups in total. The molecule has 2 aromatic rings. The van der Waals surface area contributed by atoms with E-state index >= 15 is 0 Å². The van der Waals surface area contributed by atoms with Crippen LogP contribution in [0.5, 0.6) is 0 Å². The third-order valence-corrected chi connectivity index (χ3v) is 3.23. The largest absolute Gasteiger partial charge is 0.351 e. The highest BCUT2D eigenvalue weighted by Gasteiger charge is 2.24. The predicted molar refractivity (Wildman–Crippen MR) is 66.5 cm³/mol. The molecule has 4 heteroatoms. The minimum atomic E-state index is -0.00479. The summed E-state index contributed by atoms with van der Waals surface area (Å²) in [5.74, 6) is -0.00479. The first-order chi connectivity index (χ1) is 7.72. The lowest BCUT2D eigenvalue weighted by Gasteiger charge is -1.98. The van der Waals surface area contributed by atoms with E-state index in [0.29, 0.717) is 11.7 Å². The Morgan fingerprint density at radius 3 is 2.94 bits per heavy atom. The average Bonchev–Trinajstić information content (AvgIpc) is 2.95. The second-order valence-electron chi connectivity index (χ2n) is 4.16. The first-order valence-electron chi connectivity index (χ1n) is 5.31. The van der Waals surface area contributed by atoms with Crippen molar-refractivity contribution < 1.29 is 4.79 Å². The smallest absolute Gasteiger partial charge is 0.267 e. The van der Waals surface area contributed by atoms with Crippen LogP contribution in [0.4, 0.5) is 0 Å². The summed E-state index contributed by atoms with van der Waals surface area (Å²) in [4.78, 5) is 14.9. The maximum atomic E-state index is 11.8. The zero-order valence-electron chi connectivity index (χ0n) is 8.59. The number of hydrogen-bond donors (Lipinski definition) is 2. The van der Waals surface area contributed by atoms with E-state index in [4.69, 9.17) is 0 Å². The predicted octanol–water partition coefficient (Wildman–Crippen LogP) is 2.82. The van der Waals surface area contributed by atoms with Crippen molar-refractivity contribution in [2.24, 2.45) is 0 Å². The first kappa shape index (κ1) is 9.90. The fraction of sp³-hybridized carbons (Fsp3) is 0.250. The molecule has 3 nitrogen and oxygen atoms in total. The van der Waals surface area contributed by atoms with Gasteiger partial charge in [0, 0.05) is 21.4 Å². The molecule has 0 spiro atoms. The molecule has 1 aliphatic carbocycles. The number of carbonyl (C=O) groups excluding carboxylic acids is 1. The molecule has 0 saturated heterocycles. The summed E-state index contributed by atoms with van der Waals surface area (Å²) in [6, 6.07) is 8.21. The fourth-order valence-electron chi connectivity index (χ4n) is 1.72. The Morgan fingerprint density at radius 1 is 1.38 bits per heavy atom. The van der Waals surface area contributed by atoms with Crippen molar-refractivity contribution in [3.63, 3.8) is 0 Å². The summed E-state index contributed by atoms with van der Waals surface area (Å²) >= 11 is 3.41. The Morgan fingerprint density at radius 2 is 2.19 bits per heavy atom. The lowest BCUT2D eigenvalue weighted by molar-refractivity contribution is 0.0947. The number of benzene rings is 1. The molecule has 0 unspecified atom stereocenters. The lowest BCUT2D eigenvalue weighted by Crippen LogP contribution is -2.25. The fourth-order valence-corrected chi connectivity index (χ4v) is 2.10. The van der Waals surface area contributed by atoms with Crippen LogP contribution in [-0.2, 0) is 0 Å². The summed E-state index contributed by atoms with van der Waals surface area (Å²) in [6.45, 7) is 0. The van der Waals surface area contributed by atoms with E-state index < -0.39 is 0 Å². The van der Waals surface area contributed by atoms with Gasteiger partial charge in [0.2, 0.25) is 0 Å². The number of fused-ring (bicyclic) bond motifs is 1. The Labute approximate surface area is 101 Å².